The summed E-state index contributed by atoms with van der Waals surface area (Å²) in [6.45, 7) is 0. The molecule has 1 heteroatoms. The quantitative estimate of drug-likeness (QED) is 0.536. The van der Waals surface area contributed by atoms with Crippen LogP contribution in [0.1, 0.15) is 32.1 Å². The van der Waals surface area contributed by atoms with Crippen molar-refractivity contribution < 1.29 is 0 Å². The van der Waals surface area contributed by atoms with E-state index in [1.807, 2.05) is 0 Å². The van der Waals surface area contributed by atoms with Gasteiger partial charge in [0.15, 0.2) is 0 Å². The summed E-state index contributed by atoms with van der Waals surface area (Å²) in [4.78, 5) is 0. The molecule has 0 atom stereocenters. The summed E-state index contributed by atoms with van der Waals surface area (Å²) in [5, 5.41) is 0. The predicted octanol–water partition coefficient (Wildman–Crippen LogP) is 1.91. The second-order valence-corrected chi connectivity index (χ2v) is 4.16. The number of hydrogen-bond donors (Lipinski definition) is 0. The topological polar surface area (TPSA) is 0 Å². The van der Waals surface area contributed by atoms with Crippen molar-refractivity contribution in [2.45, 2.75) is 36.1 Å². The Hall–Kier alpha value is 0.790. The zero-order chi connectivity index (χ0) is 5.11. The third-order valence-corrected chi connectivity index (χ3v) is 2.90. The van der Waals surface area contributed by atoms with Crippen LogP contribution in [0.4, 0.5) is 0 Å². The van der Waals surface area contributed by atoms with Crippen molar-refractivity contribution in [1.82, 2.24) is 0 Å². The van der Waals surface area contributed by atoms with Crippen LogP contribution in [0, 0.1) is 0 Å². The molecule has 1 saturated carbocycles. The van der Waals surface area contributed by atoms with E-state index in [1.165, 1.54) is 32.1 Å². The van der Waals surface area contributed by atoms with Crippen molar-refractivity contribution in [1.29, 1.82) is 0 Å². The molecule has 0 bridgehead atoms. The van der Waals surface area contributed by atoms with Gasteiger partial charge in [-0.15, -0.1) is 0 Å². The average Bonchev–Trinajstić information content (AvgIpc) is 1.69. The van der Waals surface area contributed by atoms with Gasteiger partial charge in [-0.25, -0.2) is 0 Å². The molecule has 1 radical (unpaired) electrons. The van der Waals surface area contributed by atoms with Crippen molar-refractivity contribution in [3.8, 4) is 0 Å². The van der Waals surface area contributed by atoms with Crippen LogP contribution in [0.15, 0.2) is 0 Å². The summed E-state index contributed by atoms with van der Waals surface area (Å²) in [7, 11) is 0. The van der Waals surface area contributed by atoms with E-state index in [0.29, 0.717) is 0 Å². The van der Waals surface area contributed by atoms with E-state index in [-0.39, 0.29) is 0 Å². The molecule has 1 aliphatic rings. The van der Waals surface area contributed by atoms with E-state index in [1.54, 1.807) is 0 Å². The zero-order valence-corrected chi connectivity index (χ0v) is 6.85. The predicted molar refractivity (Wildman–Crippen MR) is 32.6 cm³/mol. The molecule has 0 aliphatic heterocycles. The van der Waals surface area contributed by atoms with E-state index < -0.39 is 0 Å². The molecule has 0 aromatic carbocycles. The first kappa shape index (κ1) is 5.92. The molecular formula is C6H11Te. The fourth-order valence-corrected chi connectivity index (χ4v) is 2.02. The van der Waals surface area contributed by atoms with E-state index >= 15 is 0 Å². The Bertz CT molecular complexity index is 46.1. The molecule has 0 spiro atoms. The summed E-state index contributed by atoms with van der Waals surface area (Å²) in [6.07, 6.45) is 7.45. The maximum absolute atomic E-state index is 2.29. The second-order valence-electron chi connectivity index (χ2n) is 2.26. The van der Waals surface area contributed by atoms with Crippen LogP contribution >= 0.6 is 0 Å². The summed E-state index contributed by atoms with van der Waals surface area (Å²) >= 11 is 2.29. The van der Waals surface area contributed by atoms with E-state index in [4.69, 9.17) is 0 Å². The molecule has 0 aromatic rings. The van der Waals surface area contributed by atoms with E-state index in [2.05, 4.69) is 22.3 Å². The maximum atomic E-state index is 2.29. The minimum absolute atomic E-state index is 1.05. The van der Waals surface area contributed by atoms with Crippen LogP contribution in [0.25, 0.3) is 0 Å². The van der Waals surface area contributed by atoms with Crippen LogP contribution < -0.4 is 0 Å². The Morgan fingerprint density at radius 2 is 1.57 bits per heavy atom. The molecule has 0 nitrogen and oxygen atoms in total. The van der Waals surface area contributed by atoms with Gasteiger partial charge in [-0.1, -0.05) is 0 Å². The van der Waals surface area contributed by atoms with Crippen LogP contribution in [-0.4, -0.2) is 22.3 Å². The molecule has 0 aromatic heterocycles. The van der Waals surface area contributed by atoms with Gasteiger partial charge in [0.2, 0.25) is 0 Å². The van der Waals surface area contributed by atoms with Crippen LogP contribution in [0.3, 0.4) is 0 Å². The van der Waals surface area contributed by atoms with Crippen molar-refractivity contribution in [3.05, 3.63) is 0 Å². The fraction of sp³-hybridized carbons (Fsp3) is 1.00. The van der Waals surface area contributed by atoms with Crippen LogP contribution in [0.2, 0.25) is 3.97 Å². The normalized spacial score (nSPS) is 25.3. The first-order valence-corrected chi connectivity index (χ1v) is 4.40. The van der Waals surface area contributed by atoms with Gasteiger partial charge >= 0.3 is 58.4 Å². The second kappa shape index (κ2) is 2.95. The molecular weight excluding hydrogens is 200 g/mol. The molecule has 0 N–H and O–H groups in total. The van der Waals surface area contributed by atoms with Crippen molar-refractivity contribution in [2.24, 2.45) is 0 Å². The molecule has 0 unspecified atom stereocenters. The van der Waals surface area contributed by atoms with Gasteiger partial charge in [0.05, 0.1) is 0 Å². The summed E-state index contributed by atoms with van der Waals surface area (Å²) < 4.78 is 1.05. The van der Waals surface area contributed by atoms with Crippen molar-refractivity contribution in [3.63, 3.8) is 0 Å². The van der Waals surface area contributed by atoms with Gasteiger partial charge in [-0.3, -0.25) is 0 Å². The fourth-order valence-electron chi connectivity index (χ4n) is 1.07. The Labute approximate surface area is 58.6 Å². The third kappa shape index (κ3) is 2.02. The van der Waals surface area contributed by atoms with Gasteiger partial charge in [0.1, 0.15) is 0 Å². The molecule has 1 aliphatic carbocycles. The van der Waals surface area contributed by atoms with Gasteiger partial charge in [0, 0.05) is 0 Å². The van der Waals surface area contributed by atoms with E-state index in [9.17, 15) is 0 Å². The molecule has 0 saturated heterocycles. The Morgan fingerprint density at radius 3 is 1.86 bits per heavy atom. The van der Waals surface area contributed by atoms with Gasteiger partial charge in [0.25, 0.3) is 0 Å². The van der Waals surface area contributed by atoms with Crippen LogP contribution in [0.5, 0.6) is 0 Å². The first-order chi connectivity index (χ1) is 3.39. The van der Waals surface area contributed by atoms with Gasteiger partial charge in [-0.2, -0.15) is 0 Å². The standard InChI is InChI=1S/C6H11Te/c7-6-4-2-1-3-5-6/h6H,1-5H2. The van der Waals surface area contributed by atoms with Gasteiger partial charge < -0.3 is 0 Å². The zero-order valence-electron chi connectivity index (χ0n) is 4.52. The number of hydrogen-bond acceptors (Lipinski definition) is 0. The SMILES string of the molecule is [Te]C1CCCCC1. The number of rotatable bonds is 0. The average molecular weight is 211 g/mol. The Morgan fingerprint density at radius 1 is 1.00 bits per heavy atom. The van der Waals surface area contributed by atoms with Gasteiger partial charge in [-0.05, 0) is 0 Å². The monoisotopic (exact) mass is 213 g/mol. The Balaban J connectivity index is 2.12. The summed E-state index contributed by atoms with van der Waals surface area (Å²) in [5.41, 5.74) is 0. The minimum atomic E-state index is 1.05. The molecule has 0 heterocycles. The summed E-state index contributed by atoms with van der Waals surface area (Å²) in [6, 6.07) is 0. The molecule has 1 rings (SSSR count). The van der Waals surface area contributed by atoms with Crippen molar-refractivity contribution in [2.75, 3.05) is 0 Å². The molecule has 7 heavy (non-hydrogen) atoms. The Kier molecular flexibility index (Phi) is 2.49. The molecule has 1 fully saturated rings. The van der Waals surface area contributed by atoms with E-state index in [0.717, 1.165) is 3.97 Å². The first-order valence-electron chi connectivity index (χ1n) is 3.05. The molecule has 41 valence electrons. The van der Waals surface area contributed by atoms with Crippen molar-refractivity contribution >= 4 is 22.3 Å². The summed E-state index contributed by atoms with van der Waals surface area (Å²) in [5.74, 6) is 0. The molecule has 0 amide bonds. The third-order valence-electron chi connectivity index (χ3n) is 1.55. The van der Waals surface area contributed by atoms with Crippen LogP contribution in [-0.2, 0) is 0 Å².